The Morgan fingerprint density at radius 3 is 2.31 bits per heavy atom. The second-order valence-corrected chi connectivity index (χ2v) is 4.12. The SMILES string of the molecule is O=c1[nH]c(=S)[nH]c2c(F)c(Br)c(F)c(F)c12. The van der Waals surface area contributed by atoms with Crippen LogP contribution < -0.4 is 5.56 Å². The highest BCUT2D eigenvalue weighted by Gasteiger charge is 2.20. The highest BCUT2D eigenvalue weighted by Crippen LogP contribution is 2.27. The standard InChI is InChI=1S/C8H2BrF3N2OS/c9-2-4(11)3(10)1-6(5(2)12)13-8(16)14-7(1)15/h(H2,13,14,15,16). The van der Waals surface area contributed by atoms with E-state index in [9.17, 15) is 18.0 Å². The zero-order valence-electron chi connectivity index (χ0n) is 7.33. The van der Waals surface area contributed by atoms with Crippen LogP contribution in [-0.4, -0.2) is 9.97 Å². The van der Waals surface area contributed by atoms with Gasteiger partial charge in [-0.1, -0.05) is 0 Å². The average Bonchev–Trinajstić information content (AvgIpc) is 2.22. The molecule has 84 valence electrons. The fourth-order valence-corrected chi connectivity index (χ4v) is 1.84. The molecule has 3 nitrogen and oxygen atoms in total. The van der Waals surface area contributed by atoms with Gasteiger partial charge in [-0.25, -0.2) is 13.2 Å². The number of hydrogen-bond donors (Lipinski definition) is 2. The van der Waals surface area contributed by atoms with Gasteiger partial charge in [0.1, 0.15) is 5.39 Å². The summed E-state index contributed by atoms with van der Waals surface area (Å²) in [5, 5.41) is -0.730. The Kier molecular flexibility index (Phi) is 2.62. The van der Waals surface area contributed by atoms with Crippen molar-refractivity contribution < 1.29 is 13.2 Å². The normalized spacial score (nSPS) is 11.0. The summed E-state index contributed by atoms with van der Waals surface area (Å²) < 4.78 is 39.2. The summed E-state index contributed by atoms with van der Waals surface area (Å²) in [6, 6.07) is 0. The van der Waals surface area contributed by atoms with Crippen LogP contribution in [0.2, 0.25) is 0 Å². The minimum Gasteiger partial charge on any atom is -0.329 e. The maximum Gasteiger partial charge on any atom is 0.262 e. The van der Waals surface area contributed by atoms with Crippen LogP contribution in [0.3, 0.4) is 0 Å². The first kappa shape index (κ1) is 11.3. The first-order valence-electron chi connectivity index (χ1n) is 3.91. The van der Waals surface area contributed by atoms with Gasteiger partial charge in [-0.15, -0.1) is 0 Å². The Morgan fingerprint density at radius 2 is 1.69 bits per heavy atom. The van der Waals surface area contributed by atoms with Crippen molar-refractivity contribution in [1.82, 2.24) is 9.97 Å². The number of nitrogens with one attached hydrogen (secondary N) is 2. The van der Waals surface area contributed by atoms with Crippen LogP contribution in [0.15, 0.2) is 9.27 Å². The summed E-state index contributed by atoms with van der Waals surface area (Å²) in [5.41, 5.74) is -1.46. The summed E-state index contributed by atoms with van der Waals surface area (Å²) in [6.07, 6.45) is 0. The molecule has 0 atom stereocenters. The molecule has 1 aromatic carbocycles. The number of fused-ring (bicyclic) bond motifs is 1. The number of rotatable bonds is 0. The highest BCUT2D eigenvalue weighted by atomic mass is 79.9. The molecule has 8 heteroatoms. The molecular weight excluding hydrogens is 309 g/mol. The Morgan fingerprint density at radius 1 is 1.06 bits per heavy atom. The molecule has 2 aromatic rings. The van der Waals surface area contributed by atoms with Crippen molar-refractivity contribution in [2.75, 3.05) is 0 Å². The third kappa shape index (κ3) is 1.49. The van der Waals surface area contributed by atoms with E-state index < -0.39 is 38.4 Å². The van der Waals surface area contributed by atoms with Gasteiger partial charge in [0.2, 0.25) is 0 Å². The average molecular weight is 311 g/mol. The van der Waals surface area contributed by atoms with Crippen molar-refractivity contribution >= 4 is 39.1 Å². The van der Waals surface area contributed by atoms with Crippen LogP contribution in [0.4, 0.5) is 13.2 Å². The predicted molar refractivity (Wildman–Crippen MR) is 57.3 cm³/mol. The number of aromatic nitrogens is 2. The Balaban J connectivity index is 3.21. The molecule has 0 amide bonds. The minimum atomic E-state index is -1.46. The largest absolute Gasteiger partial charge is 0.329 e. The lowest BCUT2D eigenvalue weighted by Crippen LogP contribution is -2.12. The van der Waals surface area contributed by atoms with Gasteiger partial charge in [-0.3, -0.25) is 9.78 Å². The molecule has 0 saturated carbocycles. The van der Waals surface area contributed by atoms with Gasteiger partial charge in [0.25, 0.3) is 5.56 Å². The highest BCUT2D eigenvalue weighted by molar-refractivity contribution is 9.10. The van der Waals surface area contributed by atoms with E-state index in [1.165, 1.54) is 0 Å². The van der Waals surface area contributed by atoms with E-state index in [1.807, 2.05) is 4.98 Å². The van der Waals surface area contributed by atoms with Gasteiger partial charge in [0.15, 0.2) is 22.2 Å². The van der Waals surface area contributed by atoms with Crippen LogP contribution in [0.25, 0.3) is 10.9 Å². The molecule has 0 saturated heterocycles. The Hall–Kier alpha value is -1.15. The van der Waals surface area contributed by atoms with Crippen LogP contribution >= 0.6 is 28.1 Å². The summed E-state index contributed by atoms with van der Waals surface area (Å²) in [5.74, 6) is -4.00. The van der Waals surface area contributed by atoms with E-state index in [2.05, 4.69) is 33.1 Å². The van der Waals surface area contributed by atoms with Crippen molar-refractivity contribution in [3.63, 3.8) is 0 Å². The van der Waals surface area contributed by atoms with E-state index in [0.717, 1.165) is 0 Å². The second-order valence-electron chi connectivity index (χ2n) is 2.91. The van der Waals surface area contributed by atoms with Crippen molar-refractivity contribution in [3.05, 3.63) is 37.0 Å². The smallest absolute Gasteiger partial charge is 0.262 e. The van der Waals surface area contributed by atoms with Gasteiger partial charge in [0.05, 0.1) is 9.99 Å². The molecule has 0 fully saturated rings. The second kappa shape index (κ2) is 3.70. The lowest BCUT2D eigenvalue weighted by Gasteiger charge is -2.04. The molecule has 16 heavy (non-hydrogen) atoms. The molecular formula is C8H2BrF3N2OS. The molecule has 0 unspecified atom stereocenters. The summed E-state index contributed by atoms with van der Waals surface area (Å²) in [6.45, 7) is 0. The maximum atomic E-state index is 13.5. The third-order valence-corrected chi connectivity index (χ3v) is 2.86. The fraction of sp³-hybridized carbons (Fsp3) is 0. The lowest BCUT2D eigenvalue weighted by molar-refractivity contribution is 0.497. The van der Waals surface area contributed by atoms with Gasteiger partial charge >= 0.3 is 0 Å². The quantitative estimate of drug-likeness (QED) is 0.446. The Labute approximate surface area is 99.4 Å². The number of halogens is 4. The first-order valence-corrected chi connectivity index (χ1v) is 5.12. The van der Waals surface area contributed by atoms with Gasteiger partial charge in [0, 0.05) is 0 Å². The third-order valence-electron chi connectivity index (χ3n) is 1.96. The molecule has 0 aliphatic carbocycles. The lowest BCUT2D eigenvalue weighted by atomic mass is 10.2. The van der Waals surface area contributed by atoms with Crippen molar-refractivity contribution in [2.24, 2.45) is 0 Å². The fourth-order valence-electron chi connectivity index (χ4n) is 1.27. The van der Waals surface area contributed by atoms with Crippen molar-refractivity contribution in [1.29, 1.82) is 0 Å². The summed E-state index contributed by atoms with van der Waals surface area (Å²) in [7, 11) is 0. The molecule has 0 bridgehead atoms. The molecule has 0 aliphatic rings. The summed E-state index contributed by atoms with van der Waals surface area (Å²) in [4.78, 5) is 15.6. The predicted octanol–water partition coefficient (Wildman–Crippen LogP) is 2.77. The molecule has 1 aromatic heterocycles. The Bertz CT molecular complexity index is 709. The van der Waals surface area contributed by atoms with Crippen LogP contribution in [-0.2, 0) is 0 Å². The number of aromatic amines is 2. The molecule has 0 aliphatic heterocycles. The van der Waals surface area contributed by atoms with Gasteiger partial charge in [-0.05, 0) is 28.1 Å². The zero-order chi connectivity index (χ0) is 12.0. The topological polar surface area (TPSA) is 48.6 Å². The minimum absolute atomic E-state index is 0.172. The van der Waals surface area contributed by atoms with E-state index in [1.54, 1.807) is 0 Å². The van der Waals surface area contributed by atoms with Gasteiger partial charge in [-0.2, -0.15) is 0 Å². The van der Waals surface area contributed by atoms with E-state index in [4.69, 9.17) is 0 Å². The maximum absolute atomic E-state index is 13.5. The van der Waals surface area contributed by atoms with Gasteiger partial charge < -0.3 is 4.98 Å². The van der Waals surface area contributed by atoms with Crippen molar-refractivity contribution in [3.8, 4) is 0 Å². The van der Waals surface area contributed by atoms with Crippen molar-refractivity contribution in [2.45, 2.75) is 0 Å². The number of H-pyrrole nitrogens is 2. The molecule has 2 N–H and O–H groups in total. The zero-order valence-corrected chi connectivity index (χ0v) is 9.73. The molecule has 2 rings (SSSR count). The van der Waals surface area contributed by atoms with Crippen LogP contribution in [0, 0.1) is 22.2 Å². The van der Waals surface area contributed by atoms with Crippen LogP contribution in [0.1, 0.15) is 0 Å². The number of hydrogen-bond acceptors (Lipinski definition) is 2. The monoisotopic (exact) mass is 310 g/mol. The molecule has 0 spiro atoms. The van der Waals surface area contributed by atoms with E-state index in [-0.39, 0.29) is 4.77 Å². The van der Waals surface area contributed by atoms with Crippen LogP contribution in [0.5, 0.6) is 0 Å². The van der Waals surface area contributed by atoms with E-state index in [0.29, 0.717) is 0 Å². The summed E-state index contributed by atoms with van der Waals surface area (Å²) >= 11 is 7.14. The number of benzene rings is 1. The molecule has 0 radical (unpaired) electrons. The van der Waals surface area contributed by atoms with E-state index >= 15 is 0 Å². The molecule has 1 heterocycles. The first-order chi connectivity index (χ1) is 7.43.